The van der Waals surface area contributed by atoms with E-state index in [1.165, 1.54) is 19.3 Å². The Balaban J connectivity index is 2.61. The molecule has 0 spiro atoms. The Hall–Kier alpha value is -0.830. The first-order valence-electron chi connectivity index (χ1n) is 7.79. The minimum Gasteiger partial charge on any atom is -0.389 e. The van der Waals surface area contributed by atoms with Crippen molar-refractivity contribution in [2.45, 2.75) is 38.7 Å². The highest BCUT2D eigenvalue weighted by Gasteiger charge is 2.17. The lowest BCUT2D eigenvalue weighted by molar-refractivity contribution is 0.122. The van der Waals surface area contributed by atoms with Gasteiger partial charge >= 0.3 is 0 Å². The molecule has 0 aliphatic heterocycles. The zero-order chi connectivity index (χ0) is 15.7. The lowest BCUT2D eigenvalue weighted by Crippen LogP contribution is -2.30. The summed E-state index contributed by atoms with van der Waals surface area (Å²) in [4.78, 5) is 2.15. The number of rotatable bonds is 9. The fraction of sp³-hybridized carbons (Fsp3) is 0.556. The van der Waals surface area contributed by atoms with Crippen LogP contribution in [0, 0.1) is 5.92 Å². The fourth-order valence-electron chi connectivity index (χ4n) is 2.44. The Bertz CT molecular complexity index is 414. The number of aliphatic hydroxyl groups excluding tert-OH is 1. The Morgan fingerprint density at radius 3 is 2.43 bits per heavy atom. The van der Waals surface area contributed by atoms with Crippen molar-refractivity contribution in [2.75, 3.05) is 20.6 Å². The molecule has 0 bridgehead atoms. The average molecular weight is 310 g/mol. The lowest BCUT2D eigenvalue weighted by Gasteiger charge is -2.24. The van der Waals surface area contributed by atoms with Crippen LogP contribution < -0.4 is 0 Å². The van der Waals surface area contributed by atoms with Gasteiger partial charge in [0.05, 0.1) is 6.10 Å². The molecule has 0 heterocycles. The molecule has 1 N–H and O–H groups in total. The van der Waals surface area contributed by atoms with Crippen molar-refractivity contribution in [1.29, 1.82) is 0 Å². The summed E-state index contributed by atoms with van der Waals surface area (Å²) in [6.45, 7) is 3.12. The zero-order valence-corrected chi connectivity index (χ0v) is 14.2. The molecule has 0 aliphatic rings. The summed E-state index contributed by atoms with van der Waals surface area (Å²) in [5.41, 5.74) is 1.07. The van der Waals surface area contributed by atoms with Crippen molar-refractivity contribution >= 4 is 17.7 Å². The number of unbranched alkanes of at least 4 members (excludes halogenated alkanes) is 2. The maximum absolute atomic E-state index is 10.4. The topological polar surface area (TPSA) is 23.5 Å². The van der Waals surface area contributed by atoms with Crippen LogP contribution in [0.2, 0.25) is 5.02 Å². The second kappa shape index (κ2) is 9.99. The number of benzene rings is 1. The zero-order valence-electron chi connectivity index (χ0n) is 13.4. The molecule has 2 atom stereocenters. The maximum Gasteiger partial charge on any atom is 0.0764 e. The molecule has 0 amide bonds. The molecule has 21 heavy (non-hydrogen) atoms. The van der Waals surface area contributed by atoms with Crippen LogP contribution in [0.5, 0.6) is 0 Å². The molecule has 0 saturated heterocycles. The summed E-state index contributed by atoms with van der Waals surface area (Å²) in [6, 6.07) is 7.66. The predicted molar refractivity (Wildman–Crippen MR) is 92.7 cm³/mol. The molecule has 0 radical (unpaired) electrons. The largest absolute Gasteiger partial charge is 0.389 e. The Labute approximate surface area is 134 Å². The first-order valence-corrected chi connectivity index (χ1v) is 8.17. The normalized spacial score (nSPS) is 14.8. The van der Waals surface area contributed by atoms with Gasteiger partial charge in [0, 0.05) is 17.5 Å². The van der Waals surface area contributed by atoms with Gasteiger partial charge in [0.25, 0.3) is 0 Å². The highest BCUT2D eigenvalue weighted by Crippen LogP contribution is 2.18. The summed E-state index contributed by atoms with van der Waals surface area (Å²) in [5.74, 6) is 0.287. The molecular weight excluding hydrogens is 282 g/mol. The van der Waals surface area contributed by atoms with Crippen LogP contribution in [0.3, 0.4) is 0 Å². The maximum atomic E-state index is 10.4. The first kappa shape index (κ1) is 18.2. The molecule has 3 heteroatoms. The number of hydrogen-bond donors (Lipinski definition) is 1. The molecule has 0 aliphatic carbocycles. The number of nitrogens with zero attached hydrogens (tertiary/aromatic N) is 1. The average Bonchev–Trinajstić information content (AvgIpc) is 2.45. The van der Waals surface area contributed by atoms with Gasteiger partial charge in [0.15, 0.2) is 0 Å². The van der Waals surface area contributed by atoms with Crippen molar-refractivity contribution < 1.29 is 5.11 Å². The van der Waals surface area contributed by atoms with Crippen LogP contribution in [0.15, 0.2) is 30.3 Å². The van der Waals surface area contributed by atoms with Crippen LogP contribution in [0.4, 0.5) is 0 Å². The van der Waals surface area contributed by atoms with Gasteiger partial charge in [0.1, 0.15) is 0 Å². The van der Waals surface area contributed by atoms with E-state index in [9.17, 15) is 5.11 Å². The quantitative estimate of drug-likeness (QED) is 0.680. The van der Waals surface area contributed by atoms with Crippen molar-refractivity contribution in [3.8, 4) is 0 Å². The van der Waals surface area contributed by atoms with Gasteiger partial charge in [-0.15, -0.1) is 0 Å². The summed E-state index contributed by atoms with van der Waals surface area (Å²) in [5, 5.41) is 11.2. The second-order valence-electron chi connectivity index (χ2n) is 5.92. The van der Waals surface area contributed by atoms with Gasteiger partial charge in [-0.05, 0) is 38.2 Å². The Morgan fingerprint density at radius 2 is 1.86 bits per heavy atom. The monoisotopic (exact) mass is 309 g/mol. The molecule has 0 fully saturated rings. The first-order chi connectivity index (χ1) is 10.0. The Kier molecular flexibility index (Phi) is 8.67. The fourth-order valence-corrected chi connectivity index (χ4v) is 2.56. The molecule has 118 valence electrons. The summed E-state index contributed by atoms with van der Waals surface area (Å²) < 4.78 is 0. The van der Waals surface area contributed by atoms with Crippen molar-refractivity contribution in [3.63, 3.8) is 0 Å². The summed E-state index contributed by atoms with van der Waals surface area (Å²) in [7, 11) is 4.12. The molecule has 2 nitrogen and oxygen atoms in total. The third-order valence-electron chi connectivity index (χ3n) is 3.62. The number of hydrogen-bond acceptors (Lipinski definition) is 2. The van der Waals surface area contributed by atoms with Crippen molar-refractivity contribution in [3.05, 3.63) is 40.9 Å². The van der Waals surface area contributed by atoms with E-state index in [2.05, 4.69) is 25.9 Å². The third kappa shape index (κ3) is 7.66. The SMILES string of the molecule is CCCCCC(CN(C)C)C(O)/C=C/c1ccc(Cl)cc1. The van der Waals surface area contributed by atoms with E-state index in [1.54, 1.807) is 0 Å². The van der Waals surface area contributed by atoms with E-state index in [0.717, 1.165) is 23.6 Å². The number of halogens is 1. The lowest BCUT2D eigenvalue weighted by atomic mass is 9.94. The van der Waals surface area contributed by atoms with Gasteiger partial charge in [-0.2, -0.15) is 0 Å². The van der Waals surface area contributed by atoms with E-state index >= 15 is 0 Å². The van der Waals surface area contributed by atoms with E-state index < -0.39 is 6.10 Å². The van der Waals surface area contributed by atoms with E-state index in [4.69, 9.17) is 11.6 Å². The van der Waals surface area contributed by atoms with Crippen molar-refractivity contribution in [1.82, 2.24) is 4.90 Å². The van der Waals surface area contributed by atoms with Gasteiger partial charge in [0.2, 0.25) is 0 Å². The van der Waals surface area contributed by atoms with Crippen LogP contribution in [0.1, 0.15) is 38.2 Å². The smallest absolute Gasteiger partial charge is 0.0764 e. The highest BCUT2D eigenvalue weighted by molar-refractivity contribution is 6.30. The molecule has 1 aromatic rings. The van der Waals surface area contributed by atoms with Crippen LogP contribution >= 0.6 is 11.6 Å². The van der Waals surface area contributed by atoms with E-state index in [0.29, 0.717) is 0 Å². The minimum absolute atomic E-state index is 0.287. The molecule has 1 rings (SSSR count). The van der Waals surface area contributed by atoms with Gasteiger partial charge in [-0.3, -0.25) is 0 Å². The predicted octanol–water partition coefficient (Wildman–Crippen LogP) is 4.47. The molecule has 0 saturated carbocycles. The molecule has 0 aromatic heterocycles. The standard InChI is InChI=1S/C18H28ClNO/c1-4-5-6-7-16(14-20(2)3)18(21)13-10-15-8-11-17(19)12-9-15/h8-13,16,18,21H,4-7,14H2,1-3H3/b13-10+. The van der Waals surface area contributed by atoms with Crippen LogP contribution in [-0.2, 0) is 0 Å². The van der Waals surface area contributed by atoms with Crippen molar-refractivity contribution in [2.24, 2.45) is 5.92 Å². The molecule has 2 unspecified atom stereocenters. The van der Waals surface area contributed by atoms with Crippen LogP contribution in [0.25, 0.3) is 6.08 Å². The van der Waals surface area contributed by atoms with E-state index in [-0.39, 0.29) is 5.92 Å². The van der Waals surface area contributed by atoms with Gasteiger partial charge in [-0.25, -0.2) is 0 Å². The van der Waals surface area contributed by atoms with Gasteiger partial charge < -0.3 is 10.0 Å². The summed E-state index contributed by atoms with van der Waals surface area (Å²) >= 11 is 5.87. The third-order valence-corrected chi connectivity index (χ3v) is 3.87. The highest BCUT2D eigenvalue weighted by atomic mass is 35.5. The van der Waals surface area contributed by atoms with Gasteiger partial charge in [-0.1, -0.05) is 62.1 Å². The minimum atomic E-state index is -0.403. The molecular formula is C18H28ClNO. The van der Waals surface area contributed by atoms with E-state index in [1.807, 2.05) is 36.4 Å². The second-order valence-corrected chi connectivity index (χ2v) is 6.36. The Morgan fingerprint density at radius 1 is 1.19 bits per heavy atom. The summed E-state index contributed by atoms with van der Waals surface area (Å²) in [6.07, 6.45) is 8.18. The van der Waals surface area contributed by atoms with Crippen LogP contribution in [-0.4, -0.2) is 36.8 Å². The molecule has 1 aromatic carbocycles. The number of aliphatic hydroxyl groups is 1.